The van der Waals surface area contributed by atoms with Crippen LogP contribution in [-0.4, -0.2) is 19.0 Å². The lowest BCUT2D eigenvalue weighted by Crippen LogP contribution is -2.24. The van der Waals surface area contributed by atoms with E-state index >= 15 is 0 Å². The van der Waals surface area contributed by atoms with E-state index in [4.69, 9.17) is 0 Å². The Morgan fingerprint density at radius 2 is 1.59 bits per heavy atom. The van der Waals surface area contributed by atoms with Crippen molar-refractivity contribution in [1.82, 2.24) is 5.32 Å². The number of benzene rings is 2. The van der Waals surface area contributed by atoms with Gasteiger partial charge in [-0.3, -0.25) is 4.79 Å². The fraction of sp³-hybridized carbons (Fsp3) is 0.0667. The number of anilines is 2. The molecular weight excluding hydrogens is 353 g/mol. The van der Waals surface area contributed by atoms with Crippen molar-refractivity contribution in [1.29, 1.82) is 0 Å². The first kappa shape index (κ1) is 16.0. The monoisotopic (exact) mass is 365 g/mol. The summed E-state index contributed by atoms with van der Waals surface area (Å²) < 4.78 is 14.3. The SMILES string of the molecule is CNC(=O)Nc1ccc(NC(=O)c2ccc(Br)cc2F)cc1. The summed E-state index contributed by atoms with van der Waals surface area (Å²) in [6.45, 7) is 0. The molecule has 0 aliphatic heterocycles. The first-order valence-electron chi connectivity index (χ1n) is 6.35. The second kappa shape index (κ2) is 7.04. The molecule has 0 aliphatic carbocycles. The van der Waals surface area contributed by atoms with E-state index < -0.39 is 11.7 Å². The Balaban J connectivity index is 2.07. The fourth-order valence-electron chi connectivity index (χ4n) is 1.70. The highest BCUT2D eigenvalue weighted by Crippen LogP contribution is 2.18. The van der Waals surface area contributed by atoms with Crippen molar-refractivity contribution in [3.8, 4) is 0 Å². The number of hydrogen-bond acceptors (Lipinski definition) is 2. The lowest BCUT2D eigenvalue weighted by molar-refractivity contribution is 0.102. The lowest BCUT2D eigenvalue weighted by atomic mass is 10.2. The summed E-state index contributed by atoms with van der Waals surface area (Å²) in [4.78, 5) is 23.2. The van der Waals surface area contributed by atoms with Gasteiger partial charge in [0.2, 0.25) is 0 Å². The van der Waals surface area contributed by atoms with E-state index in [0.29, 0.717) is 15.8 Å². The van der Waals surface area contributed by atoms with Crippen molar-refractivity contribution >= 4 is 39.2 Å². The second-order valence-electron chi connectivity index (χ2n) is 4.36. The highest BCUT2D eigenvalue weighted by Gasteiger charge is 2.12. The normalized spacial score (nSPS) is 9.95. The van der Waals surface area contributed by atoms with Crippen LogP contribution in [0.5, 0.6) is 0 Å². The van der Waals surface area contributed by atoms with Crippen molar-refractivity contribution in [3.05, 3.63) is 58.3 Å². The molecule has 0 saturated heterocycles. The van der Waals surface area contributed by atoms with Gasteiger partial charge in [-0.05, 0) is 42.5 Å². The molecule has 0 spiro atoms. The number of hydrogen-bond donors (Lipinski definition) is 3. The van der Waals surface area contributed by atoms with Crippen LogP contribution in [0.1, 0.15) is 10.4 Å². The van der Waals surface area contributed by atoms with Crippen molar-refractivity contribution in [2.75, 3.05) is 17.7 Å². The quantitative estimate of drug-likeness (QED) is 0.777. The third-order valence-corrected chi connectivity index (χ3v) is 3.30. The molecule has 0 unspecified atom stereocenters. The van der Waals surface area contributed by atoms with Crippen LogP contribution in [-0.2, 0) is 0 Å². The molecule has 22 heavy (non-hydrogen) atoms. The van der Waals surface area contributed by atoms with Gasteiger partial charge in [0, 0.05) is 22.9 Å². The maximum absolute atomic E-state index is 13.7. The fourth-order valence-corrected chi connectivity index (χ4v) is 2.04. The summed E-state index contributed by atoms with van der Waals surface area (Å²) >= 11 is 3.13. The zero-order chi connectivity index (χ0) is 16.1. The summed E-state index contributed by atoms with van der Waals surface area (Å²) in [5.74, 6) is -1.15. The van der Waals surface area contributed by atoms with Gasteiger partial charge in [0.25, 0.3) is 5.91 Å². The van der Waals surface area contributed by atoms with Gasteiger partial charge in [-0.15, -0.1) is 0 Å². The third kappa shape index (κ3) is 4.05. The standard InChI is InChI=1S/C15H13BrFN3O2/c1-18-15(22)20-11-5-3-10(4-6-11)19-14(21)12-7-2-9(16)8-13(12)17/h2-8H,1H3,(H,19,21)(H2,18,20,22). The van der Waals surface area contributed by atoms with Gasteiger partial charge in [0.05, 0.1) is 5.56 Å². The van der Waals surface area contributed by atoms with Crippen LogP contribution < -0.4 is 16.0 Å². The van der Waals surface area contributed by atoms with Crippen molar-refractivity contribution < 1.29 is 14.0 Å². The molecule has 0 fully saturated rings. The molecule has 0 bridgehead atoms. The van der Waals surface area contributed by atoms with Crippen LogP contribution in [0.15, 0.2) is 46.9 Å². The van der Waals surface area contributed by atoms with Crippen molar-refractivity contribution in [3.63, 3.8) is 0 Å². The number of carbonyl (C=O) groups excluding carboxylic acids is 2. The van der Waals surface area contributed by atoms with Gasteiger partial charge in [-0.1, -0.05) is 15.9 Å². The van der Waals surface area contributed by atoms with Crippen LogP contribution in [0.3, 0.4) is 0 Å². The Kier molecular flexibility index (Phi) is 5.11. The van der Waals surface area contributed by atoms with Crippen molar-refractivity contribution in [2.45, 2.75) is 0 Å². The molecule has 2 rings (SSSR count). The number of urea groups is 1. The smallest absolute Gasteiger partial charge is 0.318 e. The number of nitrogens with one attached hydrogen (secondary N) is 3. The molecule has 0 saturated carbocycles. The molecule has 2 aromatic rings. The zero-order valence-electron chi connectivity index (χ0n) is 11.6. The van der Waals surface area contributed by atoms with Crippen molar-refractivity contribution in [2.24, 2.45) is 0 Å². The van der Waals surface area contributed by atoms with Gasteiger partial charge >= 0.3 is 6.03 Å². The Hall–Kier alpha value is -2.41. The van der Waals surface area contributed by atoms with E-state index in [9.17, 15) is 14.0 Å². The molecule has 0 radical (unpaired) electrons. The van der Waals surface area contributed by atoms with Gasteiger partial charge in [0.1, 0.15) is 5.82 Å². The van der Waals surface area contributed by atoms with E-state index in [1.54, 1.807) is 30.3 Å². The molecule has 0 aromatic heterocycles. The number of halogens is 2. The highest BCUT2D eigenvalue weighted by atomic mass is 79.9. The number of amides is 3. The predicted molar refractivity (Wildman–Crippen MR) is 86.6 cm³/mol. The average molecular weight is 366 g/mol. The van der Waals surface area contributed by atoms with Gasteiger partial charge < -0.3 is 16.0 Å². The average Bonchev–Trinajstić information content (AvgIpc) is 2.49. The van der Waals surface area contributed by atoms with Crippen LogP contribution >= 0.6 is 15.9 Å². The maximum atomic E-state index is 13.7. The minimum absolute atomic E-state index is 0.0456. The van der Waals surface area contributed by atoms with Crippen LogP contribution in [0, 0.1) is 5.82 Å². The molecular formula is C15H13BrFN3O2. The number of rotatable bonds is 3. The third-order valence-electron chi connectivity index (χ3n) is 2.80. The summed E-state index contributed by atoms with van der Waals surface area (Å²) in [7, 11) is 1.51. The first-order chi connectivity index (χ1) is 10.5. The van der Waals surface area contributed by atoms with E-state index in [-0.39, 0.29) is 11.6 Å². The molecule has 7 heteroatoms. The second-order valence-corrected chi connectivity index (χ2v) is 5.28. The highest BCUT2D eigenvalue weighted by molar-refractivity contribution is 9.10. The zero-order valence-corrected chi connectivity index (χ0v) is 13.2. The van der Waals surface area contributed by atoms with Gasteiger partial charge in [-0.2, -0.15) is 0 Å². The lowest BCUT2D eigenvalue weighted by Gasteiger charge is -2.08. The van der Waals surface area contributed by atoms with E-state index in [1.165, 1.54) is 19.2 Å². The molecule has 2 aromatic carbocycles. The molecule has 0 aliphatic rings. The molecule has 114 valence electrons. The molecule has 0 heterocycles. The summed E-state index contributed by atoms with van der Waals surface area (Å²) in [5.41, 5.74) is 1.03. The van der Waals surface area contributed by atoms with E-state index in [2.05, 4.69) is 31.9 Å². The van der Waals surface area contributed by atoms with Crippen LogP contribution in [0.2, 0.25) is 0 Å². The minimum atomic E-state index is -0.607. The molecule has 3 amide bonds. The van der Waals surface area contributed by atoms with Crippen LogP contribution in [0.25, 0.3) is 0 Å². The van der Waals surface area contributed by atoms with Gasteiger partial charge in [0.15, 0.2) is 0 Å². The largest absolute Gasteiger partial charge is 0.341 e. The van der Waals surface area contributed by atoms with E-state index in [0.717, 1.165) is 0 Å². The Morgan fingerprint density at radius 1 is 1.00 bits per heavy atom. The van der Waals surface area contributed by atoms with Gasteiger partial charge in [-0.25, -0.2) is 9.18 Å². The summed E-state index contributed by atoms with van der Waals surface area (Å²) in [6, 6.07) is 10.4. The first-order valence-corrected chi connectivity index (χ1v) is 7.14. The topological polar surface area (TPSA) is 70.2 Å². The molecule has 3 N–H and O–H groups in total. The number of carbonyl (C=O) groups is 2. The minimum Gasteiger partial charge on any atom is -0.341 e. The van der Waals surface area contributed by atoms with Crippen LogP contribution in [0.4, 0.5) is 20.6 Å². The molecule has 5 nitrogen and oxygen atoms in total. The summed E-state index contributed by atoms with van der Waals surface area (Å²) in [5, 5.41) is 7.61. The maximum Gasteiger partial charge on any atom is 0.318 e. The Bertz CT molecular complexity index is 704. The molecule has 0 atom stereocenters. The predicted octanol–water partition coefficient (Wildman–Crippen LogP) is 3.59. The Morgan fingerprint density at radius 3 is 2.14 bits per heavy atom. The Labute approximate surface area is 135 Å². The summed E-state index contributed by atoms with van der Waals surface area (Å²) in [6.07, 6.45) is 0. The van der Waals surface area contributed by atoms with E-state index in [1.807, 2.05) is 0 Å².